The number of anilines is 1. The van der Waals surface area contributed by atoms with Crippen LogP contribution in [0.2, 0.25) is 0 Å². The van der Waals surface area contributed by atoms with Gasteiger partial charge in [0.05, 0.1) is 11.1 Å². The number of nitrogens with one attached hydrogen (secondary N) is 1. The van der Waals surface area contributed by atoms with Gasteiger partial charge in [-0.2, -0.15) is 0 Å². The zero-order chi connectivity index (χ0) is 13.9. The van der Waals surface area contributed by atoms with E-state index in [1.165, 1.54) is 0 Å². The highest BCUT2D eigenvalue weighted by molar-refractivity contribution is 9.11. The molecule has 4 nitrogen and oxygen atoms in total. The Hall–Kier alpha value is -0.430. The zero-order valence-electron chi connectivity index (χ0n) is 10.4. The number of nitrogens with two attached hydrogens (primary N) is 1. The van der Waals surface area contributed by atoms with Crippen molar-refractivity contribution >= 4 is 43.5 Å². The van der Waals surface area contributed by atoms with Crippen molar-refractivity contribution in [3.8, 4) is 0 Å². The van der Waals surface area contributed by atoms with E-state index in [9.17, 15) is 4.79 Å². The summed E-state index contributed by atoms with van der Waals surface area (Å²) in [6.45, 7) is 1.52. The Bertz CT molecular complexity index is 474. The van der Waals surface area contributed by atoms with Crippen molar-refractivity contribution in [2.24, 2.45) is 11.1 Å². The van der Waals surface area contributed by atoms with Gasteiger partial charge in [-0.05, 0) is 47.0 Å². The van der Waals surface area contributed by atoms with E-state index in [1.807, 2.05) is 18.2 Å². The molecule has 0 unspecified atom stereocenters. The van der Waals surface area contributed by atoms with Gasteiger partial charge in [0, 0.05) is 28.7 Å². The fraction of sp³-hybridized carbons (Fsp3) is 0.462. The zero-order valence-corrected chi connectivity index (χ0v) is 13.6. The van der Waals surface area contributed by atoms with E-state index in [-0.39, 0.29) is 5.91 Å². The second kappa shape index (κ2) is 6.35. The Morgan fingerprint density at radius 2 is 2.05 bits per heavy atom. The number of carbonyl (C=O) groups excluding carboxylic acids is 1. The average Bonchev–Trinajstić information content (AvgIpc) is 2.43. The molecule has 1 heterocycles. The Morgan fingerprint density at radius 1 is 1.37 bits per heavy atom. The quantitative estimate of drug-likeness (QED) is 0.832. The number of ether oxygens (including phenoxy) is 1. The molecule has 1 aliphatic rings. The van der Waals surface area contributed by atoms with Crippen molar-refractivity contribution in [3.63, 3.8) is 0 Å². The second-order valence-corrected chi connectivity index (χ2v) is 6.45. The van der Waals surface area contributed by atoms with Gasteiger partial charge in [-0.15, -0.1) is 0 Å². The molecule has 1 saturated heterocycles. The standard InChI is InChI=1S/C13H16Br2N2O2/c14-9-1-2-10(15)11(7-9)17-12(18)13(8-16)3-5-19-6-4-13/h1-2,7H,3-6,8,16H2,(H,17,18). The minimum Gasteiger partial charge on any atom is -0.381 e. The fourth-order valence-corrected chi connectivity index (χ4v) is 2.84. The number of halogens is 2. The minimum absolute atomic E-state index is 0.0305. The first-order valence-corrected chi connectivity index (χ1v) is 7.70. The van der Waals surface area contributed by atoms with E-state index in [0.29, 0.717) is 32.6 Å². The molecule has 0 atom stereocenters. The van der Waals surface area contributed by atoms with Crippen molar-refractivity contribution in [1.82, 2.24) is 0 Å². The molecule has 0 saturated carbocycles. The highest BCUT2D eigenvalue weighted by atomic mass is 79.9. The van der Waals surface area contributed by atoms with Gasteiger partial charge in [0.15, 0.2) is 0 Å². The van der Waals surface area contributed by atoms with E-state index in [4.69, 9.17) is 10.5 Å². The average molecular weight is 392 g/mol. The van der Waals surface area contributed by atoms with Gasteiger partial charge in [0.1, 0.15) is 0 Å². The normalized spacial score (nSPS) is 18.1. The van der Waals surface area contributed by atoms with Gasteiger partial charge >= 0.3 is 0 Å². The molecule has 0 bridgehead atoms. The summed E-state index contributed by atoms with van der Waals surface area (Å²) in [5, 5.41) is 2.96. The van der Waals surface area contributed by atoms with Crippen LogP contribution in [0.15, 0.2) is 27.1 Å². The van der Waals surface area contributed by atoms with E-state index >= 15 is 0 Å². The molecule has 3 N–H and O–H groups in total. The summed E-state index contributed by atoms with van der Waals surface area (Å²) >= 11 is 6.83. The Kier molecular flexibility index (Phi) is 5.00. The van der Waals surface area contributed by atoms with E-state index in [1.54, 1.807) is 0 Å². The van der Waals surface area contributed by atoms with Crippen molar-refractivity contribution in [1.29, 1.82) is 0 Å². The molecule has 1 aliphatic heterocycles. The Labute approximate surface area is 129 Å². The van der Waals surface area contributed by atoms with Crippen LogP contribution >= 0.6 is 31.9 Å². The molecule has 1 amide bonds. The molecular formula is C13H16Br2N2O2. The third-order valence-electron chi connectivity index (χ3n) is 3.50. The van der Waals surface area contributed by atoms with Crippen LogP contribution in [-0.2, 0) is 9.53 Å². The van der Waals surface area contributed by atoms with Crippen molar-refractivity contribution in [3.05, 3.63) is 27.1 Å². The molecule has 1 fully saturated rings. The molecular weight excluding hydrogens is 376 g/mol. The summed E-state index contributed by atoms with van der Waals surface area (Å²) in [7, 11) is 0. The molecule has 0 aromatic heterocycles. The summed E-state index contributed by atoms with van der Waals surface area (Å²) in [4.78, 5) is 12.5. The minimum atomic E-state index is -0.514. The summed E-state index contributed by atoms with van der Waals surface area (Å²) in [6.07, 6.45) is 1.34. The van der Waals surface area contributed by atoms with Crippen LogP contribution in [-0.4, -0.2) is 25.7 Å². The molecule has 19 heavy (non-hydrogen) atoms. The van der Waals surface area contributed by atoms with E-state index in [0.717, 1.165) is 14.6 Å². The highest BCUT2D eigenvalue weighted by Gasteiger charge is 2.38. The van der Waals surface area contributed by atoms with Crippen LogP contribution < -0.4 is 11.1 Å². The molecule has 1 aromatic rings. The lowest BCUT2D eigenvalue weighted by Gasteiger charge is -2.34. The highest BCUT2D eigenvalue weighted by Crippen LogP contribution is 2.33. The van der Waals surface area contributed by atoms with Gasteiger partial charge in [0.25, 0.3) is 0 Å². The molecule has 0 aliphatic carbocycles. The molecule has 0 spiro atoms. The summed E-state index contributed by atoms with van der Waals surface area (Å²) < 4.78 is 7.08. The van der Waals surface area contributed by atoms with E-state index in [2.05, 4.69) is 37.2 Å². The lowest BCUT2D eigenvalue weighted by Crippen LogP contribution is -2.46. The number of carbonyl (C=O) groups is 1. The van der Waals surface area contributed by atoms with Crippen molar-refractivity contribution in [2.45, 2.75) is 12.8 Å². The molecule has 1 aromatic carbocycles. The van der Waals surface area contributed by atoms with Gasteiger partial charge < -0.3 is 15.8 Å². The Balaban J connectivity index is 2.17. The predicted octanol–water partition coefficient (Wildman–Crippen LogP) is 2.91. The van der Waals surface area contributed by atoms with Crippen LogP contribution in [0.25, 0.3) is 0 Å². The number of hydrogen-bond donors (Lipinski definition) is 2. The van der Waals surface area contributed by atoms with Crippen LogP contribution in [0.3, 0.4) is 0 Å². The molecule has 2 rings (SSSR count). The maximum absolute atomic E-state index is 12.5. The number of hydrogen-bond acceptors (Lipinski definition) is 3. The van der Waals surface area contributed by atoms with Gasteiger partial charge in [0.2, 0.25) is 5.91 Å². The van der Waals surface area contributed by atoms with Crippen LogP contribution in [0.5, 0.6) is 0 Å². The summed E-state index contributed by atoms with van der Waals surface area (Å²) in [6, 6.07) is 5.66. The van der Waals surface area contributed by atoms with Crippen molar-refractivity contribution in [2.75, 3.05) is 25.1 Å². The van der Waals surface area contributed by atoms with Gasteiger partial charge in [-0.3, -0.25) is 4.79 Å². The number of rotatable bonds is 3. The SMILES string of the molecule is NCC1(C(=O)Nc2cc(Br)ccc2Br)CCOCC1. The third kappa shape index (κ3) is 3.37. The molecule has 0 radical (unpaired) electrons. The molecule has 6 heteroatoms. The first kappa shape index (κ1) is 15.0. The number of amides is 1. The van der Waals surface area contributed by atoms with Crippen LogP contribution in [0, 0.1) is 5.41 Å². The first-order valence-electron chi connectivity index (χ1n) is 6.12. The fourth-order valence-electron chi connectivity index (χ4n) is 2.13. The summed E-state index contributed by atoms with van der Waals surface area (Å²) in [5.74, 6) is -0.0305. The smallest absolute Gasteiger partial charge is 0.232 e. The summed E-state index contributed by atoms with van der Waals surface area (Å²) in [5.41, 5.74) is 6.06. The topological polar surface area (TPSA) is 64.4 Å². The number of benzene rings is 1. The lowest BCUT2D eigenvalue weighted by molar-refractivity contribution is -0.130. The van der Waals surface area contributed by atoms with E-state index < -0.39 is 5.41 Å². The third-order valence-corrected chi connectivity index (χ3v) is 4.68. The maximum atomic E-state index is 12.5. The maximum Gasteiger partial charge on any atom is 0.232 e. The van der Waals surface area contributed by atoms with Crippen LogP contribution in [0.1, 0.15) is 12.8 Å². The molecule has 104 valence electrons. The lowest BCUT2D eigenvalue weighted by atomic mass is 9.79. The predicted molar refractivity (Wildman–Crippen MR) is 82.0 cm³/mol. The van der Waals surface area contributed by atoms with Gasteiger partial charge in [-0.25, -0.2) is 0 Å². The largest absolute Gasteiger partial charge is 0.381 e. The van der Waals surface area contributed by atoms with Crippen molar-refractivity contribution < 1.29 is 9.53 Å². The monoisotopic (exact) mass is 390 g/mol. The Morgan fingerprint density at radius 3 is 2.68 bits per heavy atom. The van der Waals surface area contributed by atoms with Crippen LogP contribution in [0.4, 0.5) is 5.69 Å². The van der Waals surface area contributed by atoms with Gasteiger partial charge in [-0.1, -0.05) is 15.9 Å². The first-order chi connectivity index (χ1) is 9.07. The second-order valence-electron chi connectivity index (χ2n) is 4.68.